The summed E-state index contributed by atoms with van der Waals surface area (Å²) in [6, 6.07) is 9.87. The first kappa shape index (κ1) is 18.6. The van der Waals surface area contributed by atoms with Crippen molar-refractivity contribution >= 4 is 11.8 Å². The van der Waals surface area contributed by atoms with Crippen LogP contribution in [0.5, 0.6) is 0 Å². The molecule has 2 aromatic rings. The minimum atomic E-state index is -0.0191. The van der Waals surface area contributed by atoms with E-state index < -0.39 is 0 Å². The zero-order chi connectivity index (χ0) is 19.3. The first-order chi connectivity index (χ1) is 13.7. The standard InChI is InChI=1S/C20H26N6O2/c27-18(22-12-15-4-2-1-3-5-15)14-25-8-10-26(11-9-25)20(28)19-16-13-21-7-6-17(16)23-24-19/h1-5,21H,6-14H2,(H,22,27)(H,23,24). The Kier molecular flexibility index (Phi) is 5.68. The molecule has 0 radical (unpaired) electrons. The van der Waals surface area contributed by atoms with E-state index in [4.69, 9.17) is 0 Å². The fourth-order valence-corrected chi connectivity index (χ4v) is 3.72. The number of aromatic nitrogens is 2. The molecule has 1 saturated heterocycles. The molecule has 8 nitrogen and oxygen atoms in total. The summed E-state index contributed by atoms with van der Waals surface area (Å²) in [5.74, 6) is -0.00884. The van der Waals surface area contributed by atoms with Crippen molar-refractivity contribution < 1.29 is 9.59 Å². The van der Waals surface area contributed by atoms with Crippen molar-refractivity contribution in [2.24, 2.45) is 0 Å². The molecule has 0 bridgehead atoms. The lowest BCUT2D eigenvalue weighted by molar-refractivity contribution is -0.122. The summed E-state index contributed by atoms with van der Waals surface area (Å²) in [6.07, 6.45) is 0.876. The van der Waals surface area contributed by atoms with E-state index in [-0.39, 0.29) is 11.8 Å². The van der Waals surface area contributed by atoms with Crippen LogP contribution < -0.4 is 10.6 Å². The second-order valence-electron chi connectivity index (χ2n) is 7.29. The van der Waals surface area contributed by atoms with Crippen LogP contribution >= 0.6 is 0 Å². The molecule has 2 aliphatic rings. The third-order valence-corrected chi connectivity index (χ3v) is 5.37. The number of carbonyl (C=O) groups is 2. The lowest BCUT2D eigenvalue weighted by Gasteiger charge is -2.34. The van der Waals surface area contributed by atoms with E-state index >= 15 is 0 Å². The second-order valence-corrected chi connectivity index (χ2v) is 7.29. The Bertz CT molecular complexity index is 826. The van der Waals surface area contributed by atoms with Gasteiger partial charge in [0.15, 0.2) is 5.69 Å². The van der Waals surface area contributed by atoms with Gasteiger partial charge in [-0.25, -0.2) is 0 Å². The van der Waals surface area contributed by atoms with Crippen LogP contribution in [-0.2, 0) is 24.3 Å². The summed E-state index contributed by atoms with van der Waals surface area (Å²) in [7, 11) is 0. The van der Waals surface area contributed by atoms with Gasteiger partial charge in [-0.2, -0.15) is 5.10 Å². The van der Waals surface area contributed by atoms with Crippen molar-refractivity contribution in [3.63, 3.8) is 0 Å². The lowest BCUT2D eigenvalue weighted by atomic mass is 10.1. The Labute approximate surface area is 164 Å². The summed E-state index contributed by atoms with van der Waals surface area (Å²) < 4.78 is 0. The molecule has 1 fully saturated rings. The van der Waals surface area contributed by atoms with Crippen LogP contribution in [0.2, 0.25) is 0 Å². The molecule has 2 aliphatic heterocycles. The van der Waals surface area contributed by atoms with E-state index in [1.807, 2.05) is 35.2 Å². The molecule has 1 aromatic carbocycles. The highest BCUT2D eigenvalue weighted by Gasteiger charge is 2.28. The van der Waals surface area contributed by atoms with E-state index in [0.717, 1.165) is 29.8 Å². The van der Waals surface area contributed by atoms with E-state index in [1.165, 1.54) is 0 Å². The highest BCUT2D eigenvalue weighted by molar-refractivity contribution is 5.94. The first-order valence-electron chi connectivity index (χ1n) is 9.80. The Hall–Kier alpha value is -2.71. The Morgan fingerprint density at radius 3 is 2.68 bits per heavy atom. The van der Waals surface area contributed by atoms with Crippen LogP contribution in [0.1, 0.15) is 27.3 Å². The minimum absolute atomic E-state index is 0.0103. The zero-order valence-corrected chi connectivity index (χ0v) is 15.9. The first-order valence-corrected chi connectivity index (χ1v) is 9.80. The number of nitrogens with one attached hydrogen (secondary N) is 3. The summed E-state index contributed by atoms with van der Waals surface area (Å²) in [4.78, 5) is 29.0. The molecule has 0 unspecified atom stereocenters. The van der Waals surface area contributed by atoms with Gasteiger partial charge in [-0.1, -0.05) is 30.3 Å². The Morgan fingerprint density at radius 1 is 1.11 bits per heavy atom. The number of nitrogens with zero attached hydrogens (tertiary/aromatic N) is 3. The van der Waals surface area contributed by atoms with Crippen LogP contribution in [0.3, 0.4) is 0 Å². The third-order valence-electron chi connectivity index (χ3n) is 5.37. The number of hydrogen-bond donors (Lipinski definition) is 3. The molecule has 8 heteroatoms. The average Bonchev–Trinajstić information content (AvgIpc) is 3.17. The molecular weight excluding hydrogens is 356 g/mol. The number of H-pyrrole nitrogens is 1. The Morgan fingerprint density at radius 2 is 1.89 bits per heavy atom. The highest BCUT2D eigenvalue weighted by atomic mass is 16.2. The van der Waals surface area contributed by atoms with Gasteiger partial charge in [-0.3, -0.25) is 19.6 Å². The quantitative estimate of drug-likeness (QED) is 0.684. The van der Waals surface area contributed by atoms with E-state index in [9.17, 15) is 9.59 Å². The maximum atomic E-state index is 12.8. The molecule has 1 aromatic heterocycles. The number of benzene rings is 1. The molecule has 0 atom stereocenters. The maximum absolute atomic E-state index is 12.8. The van der Waals surface area contributed by atoms with Gasteiger partial charge in [-0.05, 0) is 5.56 Å². The van der Waals surface area contributed by atoms with Crippen LogP contribution in [0.15, 0.2) is 30.3 Å². The van der Waals surface area contributed by atoms with Gasteiger partial charge in [0.1, 0.15) is 0 Å². The predicted molar refractivity (Wildman–Crippen MR) is 105 cm³/mol. The number of aromatic amines is 1. The van der Waals surface area contributed by atoms with Crippen molar-refractivity contribution in [3.05, 3.63) is 52.8 Å². The van der Waals surface area contributed by atoms with Crippen LogP contribution in [0.25, 0.3) is 0 Å². The van der Waals surface area contributed by atoms with Gasteiger partial charge in [-0.15, -0.1) is 0 Å². The molecule has 0 spiro atoms. The topological polar surface area (TPSA) is 93.4 Å². The van der Waals surface area contributed by atoms with Gasteiger partial charge in [0.05, 0.1) is 6.54 Å². The normalized spacial score (nSPS) is 17.2. The van der Waals surface area contributed by atoms with Gasteiger partial charge in [0, 0.05) is 63.5 Å². The summed E-state index contributed by atoms with van der Waals surface area (Å²) in [6.45, 7) is 5.10. The maximum Gasteiger partial charge on any atom is 0.274 e. The SMILES string of the molecule is O=C(CN1CCN(C(=O)c2n[nH]c3c2CNCC3)CC1)NCc1ccccc1. The summed E-state index contributed by atoms with van der Waals surface area (Å²) >= 11 is 0. The number of carbonyl (C=O) groups excluding carboxylic acids is 2. The number of amides is 2. The largest absolute Gasteiger partial charge is 0.351 e. The average molecular weight is 382 g/mol. The van der Waals surface area contributed by atoms with E-state index in [2.05, 4.69) is 25.7 Å². The van der Waals surface area contributed by atoms with E-state index in [0.29, 0.717) is 51.5 Å². The fraction of sp³-hybridized carbons (Fsp3) is 0.450. The van der Waals surface area contributed by atoms with Gasteiger partial charge >= 0.3 is 0 Å². The molecule has 148 valence electrons. The highest BCUT2D eigenvalue weighted by Crippen LogP contribution is 2.17. The minimum Gasteiger partial charge on any atom is -0.351 e. The molecule has 28 heavy (non-hydrogen) atoms. The molecule has 2 amide bonds. The van der Waals surface area contributed by atoms with Crippen molar-refractivity contribution in [2.45, 2.75) is 19.5 Å². The van der Waals surface area contributed by atoms with Gasteiger partial charge in [0.2, 0.25) is 5.91 Å². The summed E-state index contributed by atoms with van der Waals surface area (Å²) in [5, 5.41) is 13.5. The molecule has 0 aliphatic carbocycles. The Balaban J connectivity index is 1.25. The molecule has 3 N–H and O–H groups in total. The predicted octanol–water partition coefficient (Wildman–Crippen LogP) is 0.130. The van der Waals surface area contributed by atoms with Crippen molar-refractivity contribution in [1.29, 1.82) is 0 Å². The van der Waals surface area contributed by atoms with Crippen molar-refractivity contribution in [1.82, 2.24) is 30.6 Å². The van der Waals surface area contributed by atoms with Crippen LogP contribution in [-0.4, -0.2) is 71.1 Å². The van der Waals surface area contributed by atoms with Crippen LogP contribution in [0, 0.1) is 0 Å². The van der Waals surface area contributed by atoms with Crippen molar-refractivity contribution in [3.8, 4) is 0 Å². The number of fused-ring (bicyclic) bond motifs is 1. The zero-order valence-electron chi connectivity index (χ0n) is 15.9. The fourth-order valence-electron chi connectivity index (χ4n) is 3.72. The number of rotatable bonds is 5. The molecule has 4 rings (SSSR count). The molecule has 3 heterocycles. The third kappa shape index (κ3) is 4.23. The molecule has 0 saturated carbocycles. The van der Waals surface area contributed by atoms with Gasteiger partial charge in [0.25, 0.3) is 5.91 Å². The number of hydrogen-bond acceptors (Lipinski definition) is 5. The summed E-state index contributed by atoms with van der Waals surface area (Å²) in [5.41, 5.74) is 3.69. The number of piperazine rings is 1. The second kappa shape index (κ2) is 8.53. The smallest absolute Gasteiger partial charge is 0.274 e. The van der Waals surface area contributed by atoms with Crippen molar-refractivity contribution in [2.75, 3.05) is 39.3 Å². The lowest BCUT2D eigenvalue weighted by Crippen LogP contribution is -2.51. The molecular formula is C20H26N6O2. The van der Waals surface area contributed by atoms with Crippen LogP contribution in [0.4, 0.5) is 0 Å². The van der Waals surface area contributed by atoms with Gasteiger partial charge < -0.3 is 15.5 Å². The van der Waals surface area contributed by atoms with E-state index in [1.54, 1.807) is 0 Å². The monoisotopic (exact) mass is 382 g/mol.